The first-order valence-corrected chi connectivity index (χ1v) is 9.58. The third-order valence-electron chi connectivity index (χ3n) is 4.47. The van der Waals surface area contributed by atoms with Crippen molar-refractivity contribution in [2.24, 2.45) is 0 Å². The molecule has 0 saturated carbocycles. The van der Waals surface area contributed by atoms with Gasteiger partial charge in [0.2, 0.25) is 5.91 Å². The molecule has 152 valence electrons. The standard InChI is InChI=1S/C21H20ClFN2O4/c1-3-4-18(26)13-5-8-19-17(9-13)25(21(28)12(2)29-19)11-20(27)24-14-6-7-16(23)15(22)10-14/h5-10,12H,3-4,11H2,1-2H3,(H,24,27). The van der Waals surface area contributed by atoms with Gasteiger partial charge in [0.25, 0.3) is 5.91 Å². The number of amides is 2. The molecule has 1 N–H and O–H groups in total. The van der Waals surface area contributed by atoms with Crippen molar-refractivity contribution in [2.45, 2.75) is 32.8 Å². The number of hydrogen-bond donors (Lipinski definition) is 1. The molecule has 6 nitrogen and oxygen atoms in total. The zero-order valence-electron chi connectivity index (χ0n) is 16.0. The van der Waals surface area contributed by atoms with Gasteiger partial charge < -0.3 is 10.1 Å². The summed E-state index contributed by atoms with van der Waals surface area (Å²) in [6.45, 7) is 3.20. The number of ketones is 1. The van der Waals surface area contributed by atoms with Crippen molar-refractivity contribution in [3.05, 3.63) is 52.8 Å². The van der Waals surface area contributed by atoms with Crippen LogP contribution in [0.4, 0.5) is 15.8 Å². The van der Waals surface area contributed by atoms with E-state index in [4.69, 9.17) is 16.3 Å². The number of halogens is 2. The summed E-state index contributed by atoms with van der Waals surface area (Å²) in [5.74, 6) is -1.12. The van der Waals surface area contributed by atoms with Gasteiger partial charge in [-0.2, -0.15) is 0 Å². The predicted octanol–water partition coefficient (Wildman–Crippen LogP) is 4.21. The van der Waals surface area contributed by atoms with Crippen molar-refractivity contribution < 1.29 is 23.5 Å². The number of benzene rings is 2. The van der Waals surface area contributed by atoms with Crippen LogP contribution in [0.2, 0.25) is 5.02 Å². The fourth-order valence-electron chi connectivity index (χ4n) is 3.03. The van der Waals surface area contributed by atoms with Crippen molar-refractivity contribution in [1.82, 2.24) is 0 Å². The molecule has 1 aliphatic rings. The molecule has 2 amide bonds. The van der Waals surface area contributed by atoms with Gasteiger partial charge in [-0.3, -0.25) is 19.3 Å². The van der Waals surface area contributed by atoms with Crippen molar-refractivity contribution >= 4 is 40.6 Å². The lowest BCUT2D eigenvalue weighted by Gasteiger charge is -2.32. The average Bonchev–Trinajstić information content (AvgIpc) is 2.68. The molecule has 0 bridgehead atoms. The zero-order valence-corrected chi connectivity index (χ0v) is 16.8. The second kappa shape index (κ2) is 8.61. The van der Waals surface area contributed by atoms with Gasteiger partial charge in [0.15, 0.2) is 11.9 Å². The van der Waals surface area contributed by atoms with Crippen molar-refractivity contribution in [3.63, 3.8) is 0 Å². The van der Waals surface area contributed by atoms with E-state index < -0.39 is 23.7 Å². The molecule has 1 aliphatic heterocycles. The highest BCUT2D eigenvalue weighted by Gasteiger charge is 2.33. The van der Waals surface area contributed by atoms with Crippen LogP contribution < -0.4 is 15.0 Å². The fourth-order valence-corrected chi connectivity index (χ4v) is 3.21. The molecular formula is C21H20ClFN2O4. The maximum Gasteiger partial charge on any atom is 0.268 e. The second-order valence-electron chi connectivity index (χ2n) is 6.72. The summed E-state index contributed by atoms with van der Waals surface area (Å²) in [6.07, 6.45) is 0.317. The van der Waals surface area contributed by atoms with E-state index in [0.717, 1.165) is 6.07 Å². The molecule has 0 saturated heterocycles. The molecule has 3 rings (SSSR count). The third-order valence-corrected chi connectivity index (χ3v) is 4.76. The highest BCUT2D eigenvalue weighted by Crippen LogP contribution is 2.35. The second-order valence-corrected chi connectivity index (χ2v) is 7.12. The third kappa shape index (κ3) is 4.56. The number of anilines is 2. The number of hydrogen-bond acceptors (Lipinski definition) is 4. The zero-order chi connectivity index (χ0) is 21.1. The van der Waals surface area contributed by atoms with Gasteiger partial charge in [0.1, 0.15) is 18.1 Å². The van der Waals surface area contributed by atoms with E-state index in [0.29, 0.717) is 35.5 Å². The summed E-state index contributed by atoms with van der Waals surface area (Å²) in [5.41, 5.74) is 1.12. The molecular weight excluding hydrogens is 399 g/mol. The molecule has 0 fully saturated rings. The lowest BCUT2D eigenvalue weighted by atomic mass is 10.0. The van der Waals surface area contributed by atoms with Crippen LogP contribution in [-0.4, -0.2) is 30.2 Å². The monoisotopic (exact) mass is 418 g/mol. The number of nitrogens with one attached hydrogen (secondary N) is 1. The Hall–Kier alpha value is -2.93. The first-order chi connectivity index (χ1) is 13.8. The van der Waals surface area contributed by atoms with Crippen LogP contribution in [0.5, 0.6) is 5.75 Å². The number of ether oxygens (including phenoxy) is 1. The van der Waals surface area contributed by atoms with E-state index in [1.807, 2.05) is 6.92 Å². The molecule has 0 aromatic heterocycles. The number of fused-ring (bicyclic) bond motifs is 1. The van der Waals surface area contributed by atoms with Crippen LogP contribution in [0.15, 0.2) is 36.4 Å². The summed E-state index contributed by atoms with van der Waals surface area (Å²) >= 11 is 5.73. The molecule has 0 spiro atoms. The molecule has 2 aromatic rings. The summed E-state index contributed by atoms with van der Waals surface area (Å²) in [5, 5.41) is 2.47. The van der Waals surface area contributed by atoms with Crippen molar-refractivity contribution in [3.8, 4) is 5.75 Å². The highest BCUT2D eigenvalue weighted by atomic mass is 35.5. The van der Waals surface area contributed by atoms with Crippen LogP contribution >= 0.6 is 11.6 Å². The molecule has 8 heteroatoms. The summed E-state index contributed by atoms with van der Waals surface area (Å²) in [7, 11) is 0. The maximum absolute atomic E-state index is 13.3. The quantitative estimate of drug-likeness (QED) is 0.713. The minimum atomic E-state index is -0.771. The van der Waals surface area contributed by atoms with Crippen LogP contribution in [0.25, 0.3) is 0 Å². The van der Waals surface area contributed by atoms with Crippen molar-refractivity contribution in [1.29, 1.82) is 0 Å². The molecule has 1 unspecified atom stereocenters. The van der Waals surface area contributed by atoms with Gasteiger partial charge in [-0.05, 0) is 49.7 Å². The first-order valence-electron chi connectivity index (χ1n) is 9.20. The van der Waals surface area contributed by atoms with Crippen LogP contribution in [0.3, 0.4) is 0 Å². The first kappa shape index (κ1) is 20.8. The number of rotatable bonds is 6. The van der Waals surface area contributed by atoms with Gasteiger partial charge in [0.05, 0.1) is 10.7 Å². The van der Waals surface area contributed by atoms with Crippen LogP contribution in [0.1, 0.15) is 37.0 Å². The van der Waals surface area contributed by atoms with Crippen LogP contribution in [-0.2, 0) is 9.59 Å². The number of carbonyl (C=O) groups is 3. The van der Waals surface area contributed by atoms with Crippen LogP contribution in [0, 0.1) is 5.82 Å². The topological polar surface area (TPSA) is 75.7 Å². The van der Waals surface area contributed by atoms with Gasteiger partial charge in [-0.25, -0.2) is 4.39 Å². The van der Waals surface area contributed by atoms with Crippen molar-refractivity contribution in [2.75, 3.05) is 16.8 Å². The highest BCUT2D eigenvalue weighted by molar-refractivity contribution is 6.31. The van der Waals surface area contributed by atoms with Gasteiger partial charge in [0, 0.05) is 17.7 Å². The van der Waals surface area contributed by atoms with E-state index in [1.165, 1.54) is 17.0 Å². The smallest absolute Gasteiger partial charge is 0.268 e. The molecule has 0 radical (unpaired) electrons. The minimum Gasteiger partial charge on any atom is -0.479 e. The largest absolute Gasteiger partial charge is 0.479 e. The Morgan fingerprint density at radius 3 is 2.69 bits per heavy atom. The van der Waals surface area contributed by atoms with E-state index in [2.05, 4.69) is 5.32 Å². The normalized spacial score (nSPS) is 15.5. The molecule has 1 atom stereocenters. The van der Waals surface area contributed by atoms with E-state index in [1.54, 1.807) is 25.1 Å². The Bertz CT molecular complexity index is 979. The van der Waals surface area contributed by atoms with Gasteiger partial charge in [-0.15, -0.1) is 0 Å². The van der Waals surface area contributed by atoms with Gasteiger partial charge in [-0.1, -0.05) is 18.5 Å². The minimum absolute atomic E-state index is 0.0493. The number of nitrogens with zero attached hydrogens (tertiary/aromatic N) is 1. The van der Waals surface area contributed by atoms with E-state index in [-0.39, 0.29) is 17.4 Å². The number of carbonyl (C=O) groups excluding carboxylic acids is 3. The SMILES string of the molecule is CCCC(=O)c1ccc2c(c1)N(CC(=O)Nc1ccc(F)c(Cl)c1)C(=O)C(C)O2. The molecule has 1 heterocycles. The van der Waals surface area contributed by atoms with Gasteiger partial charge >= 0.3 is 0 Å². The Morgan fingerprint density at radius 2 is 2.00 bits per heavy atom. The lowest BCUT2D eigenvalue weighted by molar-refractivity contribution is -0.127. The Kier molecular flexibility index (Phi) is 6.17. The van der Waals surface area contributed by atoms with E-state index in [9.17, 15) is 18.8 Å². The van der Waals surface area contributed by atoms with E-state index >= 15 is 0 Å². The molecule has 29 heavy (non-hydrogen) atoms. The maximum atomic E-state index is 13.3. The molecule has 0 aliphatic carbocycles. The predicted molar refractivity (Wildman–Crippen MR) is 108 cm³/mol. The summed E-state index contributed by atoms with van der Waals surface area (Å²) in [6, 6.07) is 8.65. The Labute approximate surface area is 172 Å². The Morgan fingerprint density at radius 1 is 1.24 bits per heavy atom. The fraction of sp³-hybridized carbons (Fsp3) is 0.286. The Balaban J connectivity index is 1.85. The number of Topliss-reactive ketones (excluding diaryl/α,β-unsaturated/α-hetero) is 1. The summed E-state index contributed by atoms with van der Waals surface area (Å²) in [4.78, 5) is 38.7. The summed E-state index contributed by atoms with van der Waals surface area (Å²) < 4.78 is 18.9. The lowest BCUT2D eigenvalue weighted by Crippen LogP contribution is -2.47. The molecule has 2 aromatic carbocycles. The average molecular weight is 419 g/mol.